The Morgan fingerprint density at radius 3 is 2.95 bits per heavy atom. The highest BCUT2D eigenvalue weighted by molar-refractivity contribution is 5.67. The molecule has 1 unspecified atom stereocenters. The Hall–Kier alpha value is -2.63. The SMILES string of the molecule is CCOc1ccccc1C(C)Nc1cc(C)nn2cnnc12. The van der Waals surface area contributed by atoms with Crippen LogP contribution < -0.4 is 10.1 Å². The first-order valence-electron chi connectivity index (χ1n) is 7.35. The summed E-state index contributed by atoms with van der Waals surface area (Å²) in [5.41, 5.74) is 3.63. The number of benzene rings is 1. The van der Waals surface area contributed by atoms with Crippen molar-refractivity contribution in [1.29, 1.82) is 0 Å². The molecule has 0 aliphatic rings. The minimum absolute atomic E-state index is 0.0741. The van der Waals surface area contributed by atoms with Gasteiger partial charge in [0.15, 0.2) is 0 Å². The summed E-state index contributed by atoms with van der Waals surface area (Å²) in [6.07, 6.45) is 1.60. The molecule has 6 nitrogen and oxygen atoms in total. The first-order valence-corrected chi connectivity index (χ1v) is 7.35. The van der Waals surface area contributed by atoms with Crippen molar-refractivity contribution in [2.75, 3.05) is 11.9 Å². The monoisotopic (exact) mass is 297 g/mol. The number of aromatic nitrogens is 4. The van der Waals surface area contributed by atoms with E-state index in [2.05, 4.69) is 33.6 Å². The summed E-state index contributed by atoms with van der Waals surface area (Å²) < 4.78 is 7.39. The van der Waals surface area contributed by atoms with Crippen LogP contribution in [0.15, 0.2) is 36.7 Å². The lowest BCUT2D eigenvalue weighted by molar-refractivity contribution is 0.335. The van der Waals surface area contributed by atoms with Gasteiger partial charge in [-0.25, -0.2) is 0 Å². The molecule has 1 aromatic carbocycles. The van der Waals surface area contributed by atoms with Crippen molar-refractivity contribution in [2.45, 2.75) is 26.8 Å². The van der Waals surface area contributed by atoms with Gasteiger partial charge < -0.3 is 10.1 Å². The topological polar surface area (TPSA) is 64.3 Å². The molecule has 1 N–H and O–H groups in total. The average Bonchev–Trinajstić information content (AvgIpc) is 2.96. The lowest BCUT2D eigenvalue weighted by Gasteiger charge is -2.19. The van der Waals surface area contributed by atoms with Crippen LogP contribution in [0, 0.1) is 6.92 Å². The fourth-order valence-corrected chi connectivity index (χ4v) is 2.50. The molecule has 3 aromatic rings. The maximum atomic E-state index is 5.71. The number of nitrogens with zero attached hydrogens (tertiary/aromatic N) is 4. The van der Waals surface area contributed by atoms with Gasteiger partial charge in [-0.1, -0.05) is 18.2 Å². The van der Waals surface area contributed by atoms with E-state index in [-0.39, 0.29) is 6.04 Å². The number of hydrogen-bond acceptors (Lipinski definition) is 5. The second-order valence-corrected chi connectivity index (χ2v) is 5.14. The molecule has 6 heteroatoms. The maximum absolute atomic E-state index is 5.71. The zero-order valence-corrected chi connectivity index (χ0v) is 12.9. The highest BCUT2D eigenvalue weighted by Crippen LogP contribution is 2.28. The van der Waals surface area contributed by atoms with Gasteiger partial charge in [-0.2, -0.15) is 9.61 Å². The normalized spacial score (nSPS) is 12.3. The summed E-state index contributed by atoms with van der Waals surface area (Å²) in [6, 6.07) is 10.1. The van der Waals surface area contributed by atoms with E-state index in [1.807, 2.05) is 38.1 Å². The number of ether oxygens (including phenoxy) is 1. The molecule has 2 heterocycles. The van der Waals surface area contributed by atoms with Crippen LogP contribution in [0.3, 0.4) is 0 Å². The molecule has 0 aliphatic carbocycles. The van der Waals surface area contributed by atoms with Gasteiger partial charge in [0.25, 0.3) is 0 Å². The predicted molar refractivity (Wildman–Crippen MR) is 85.2 cm³/mol. The lowest BCUT2D eigenvalue weighted by Crippen LogP contribution is -2.11. The quantitative estimate of drug-likeness (QED) is 0.784. The third kappa shape index (κ3) is 2.72. The zero-order chi connectivity index (χ0) is 15.5. The molecule has 22 heavy (non-hydrogen) atoms. The van der Waals surface area contributed by atoms with E-state index in [1.165, 1.54) is 0 Å². The van der Waals surface area contributed by atoms with Gasteiger partial charge in [0.05, 0.1) is 24.0 Å². The molecule has 0 bridgehead atoms. The Bertz CT molecular complexity index is 783. The van der Waals surface area contributed by atoms with Crippen LogP contribution in [0.1, 0.15) is 31.1 Å². The molecule has 0 aliphatic heterocycles. The summed E-state index contributed by atoms with van der Waals surface area (Å²) >= 11 is 0. The molecule has 0 amide bonds. The van der Waals surface area contributed by atoms with Crippen LogP contribution in [0.2, 0.25) is 0 Å². The fourth-order valence-electron chi connectivity index (χ4n) is 2.50. The standard InChI is InChI=1S/C16H19N5O/c1-4-22-15-8-6-5-7-13(15)12(3)18-14-9-11(2)20-21-10-17-19-16(14)21/h5-10,12,18H,4H2,1-3H3. The number of fused-ring (bicyclic) bond motifs is 1. The number of aryl methyl sites for hydroxylation is 1. The molecule has 0 radical (unpaired) electrons. The summed E-state index contributed by atoms with van der Waals surface area (Å²) in [5, 5.41) is 15.9. The van der Waals surface area contributed by atoms with E-state index in [4.69, 9.17) is 4.74 Å². The van der Waals surface area contributed by atoms with Crippen molar-refractivity contribution in [3.8, 4) is 5.75 Å². The van der Waals surface area contributed by atoms with Crippen LogP contribution in [0.25, 0.3) is 5.65 Å². The number of rotatable bonds is 5. The van der Waals surface area contributed by atoms with Gasteiger partial charge in [0.2, 0.25) is 5.65 Å². The van der Waals surface area contributed by atoms with Crippen molar-refractivity contribution in [1.82, 2.24) is 19.8 Å². The zero-order valence-electron chi connectivity index (χ0n) is 12.9. The predicted octanol–water partition coefficient (Wildman–Crippen LogP) is 3.00. The second-order valence-electron chi connectivity index (χ2n) is 5.14. The van der Waals surface area contributed by atoms with Crippen molar-refractivity contribution < 1.29 is 4.74 Å². The minimum Gasteiger partial charge on any atom is -0.494 e. The second kappa shape index (κ2) is 6.01. The average molecular weight is 297 g/mol. The highest BCUT2D eigenvalue weighted by atomic mass is 16.5. The lowest BCUT2D eigenvalue weighted by atomic mass is 10.1. The summed E-state index contributed by atoms with van der Waals surface area (Å²) in [4.78, 5) is 0. The van der Waals surface area contributed by atoms with Crippen LogP contribution >= 0.6 is 0 Å². The molecule has 0 saturated carbocycles. The summed E-state index contributed by atoms with van der Waals surface area (Å²) in [5.74, 6) is 0.897. The smallest absolute Gasteiger partial charge is 0.200 e. The van der Waals surface area contributed by atoms with Gasteiger partial charge in [-0.15, -0.1) is 10.2 Å². The Morgan fingerprint density at radius 1 is 1.32 bits per heavy atom. The molecule has 0 fully saturated rings. The van der Waals surface area contributed by atoms with E-state index >= 15 is 0 Å². The van der Waals surface area contributed by atoms with E-state index in [9.17, 15) is 0 Å². The van der Waals surface area contributed by atoms with Crippen molar-refractivity contribution in [2.24, 2.45) is 0 Å². The third-order valence-electron chi connectivity index (χ3n) is 3.45. The Kier molecular flexibility index (Phi) is 3.91. The molecule has 2 aromatic heterocycles. The summed E-state index contributed by atoms with van der Waals surface area (Å²) in [7, 11) is 0. The molecule has 114 valence electrons. The van der Waals surface area contributed by atoms with Crippen molar-refractivity contribution >= 4 is 11.3 Å². The van der Waals surface area contributed by atoms with E-state index in [0.717, 1.165) is 22.7 Å². The Balaban J connectivity index is 1.93. The van der Waals surface area contributed by atoms with E-state index in [0.29, 0.717) is 12.3 Å². The largest absolute Gasteiger partial charge is 0.494 e. The molecule has 0 saturated heterocycles. The van der Waals surface area contributed by atoms with Crippen molar-refractivity contribution in [3.63, 3.8) is 0 Å². The molecule has 3 rings (SSSR count). The fraction of sp³-hybridized carbons (Fsp3) is 0.312. The van der Waals surface area contributed by atoms with Crippen LogP contribution in [-0.2, 0) is 0 Å². The van der Waals surface area contributed by atoms with Gasteiger partial charge >= 0.3 is 0 Å². The number of nitrogens with one attached hydrogen (secondary N) is 1. The maximum Gasteiger partial charge on any atom is 0.200 e. The Labute approximate surface area is 129 Å². The van der Waals surface area contributed by atoms with Crippen molar-refractivity contribution in [3.05, 3.63) is 47.9 Å². The van der Waals surface area contributed by atoms with E-state index < -0.39 is 0 Å². The third-order valence-corrected chi connectivity index (χ3v) is 3.45. The highest BCUT2D eigenvalue weighted by Gasteiger charge is 2.14. The molecular formula is C16H19N5O. The summed E-state index contributed by atoms with van der Waals surface area (Å²) in [6.45, 7) is 6.68. The van der Waals surface area contributed by atoms with Crippen LogP contribution in [0.4, 0.5) is 5.69 Å². The van der Waals surface area contributed by atoms with Gasteiger partial charge in [0.1, 0.15) is 12.1 Å². The van der Waals surface area contributed by atoms with Crippen LogP contribution in [-0.4, -0.2) is 26.4 Å². The number of hydrogen-bond donors (Lipinski definition) is 1. The molecule has 1 atom stereocenters. The number of anilines is 1. The van der Waals surface area contributed by atoms with E-state index in [1.54, 1.807) is 10.8 Å². The van der Waals surface area contributed by atoms with Gasteiger partial charge in [0, 0.05) is 5.56 Å². The number of para-hydroxylation sites is 1. The first-order chi connectivity index (χ1) is 10.7. The molecular weight excluding hydrogens is 278 g/mol. The van der Waals surface area contributed by atoms with Gasteiger partial charge in [-0.05, 0) is 32.9 Å². The Morgan fingerprint density at radius 2 is 2.14 bits per heavy atom. The van der Waals surface area contributed by atoms with Gasteiger partial charge in [-0.3, -0.25) is 0 Å². The van der Waals surface area contributed by atoms with Crippen LogP contribution in [0.5, 0.6) is 5.75 Å². The molecule has 0 spiro atoms. The first kappa shape index (κ1) is 14.3. The minimum atomic E-state index is 0.0741.